The highest BCUT2D eigenvalue weighted by Gasteiger charge is 2.10. The predicted molar refractivity (Wildman–Crippen MR) is 77.7 cm³/mol. The Morgan fingerprint density at radius 1 is 1.11 bits per heavy atom. The zero-order valence-electron chi connectivity index (χ0n) is 11.9. The van der Waals surface area contributed by atoms with E-state index in [1.54, 1.807) is 0 Å². The molecule has 0 atom stereocenters. The summed E-state index contributed by atoms with van der Waals surface area (Å²) in [4.78, 5) is 2.29. The van der Waals surface area contributed by atoms with Gasteiger partial charge >= 0.3 is 0 Å². The molecule has 1 aromatic carbocycles. The molecule has 2 N–H and O–H groups in total. The molecule has 0 amide bonds. The van der Waals surface area contributed by atoms with E-state index in [4.69, 9.17) is 10.2 Å². The number of nitrogens with zero attached hydrogens (tertiary/aromatic N) is 1. The Bertz CT molecular complexity index is 545. The SMILES string of the molecule is Cc1ccccc1CN(C)Cc1cc(CN)oc1C. The van der Waals surface area contributed by atoms with Crippen LogP contribution < -0.4 is 5.73 Å². The molecule has 1 heterocycles. The summed E-state index contributed by atoms with van der Waals surface area (Å²) in [6, 6.07) is 10.6. The van der Waals surface area contributed by atoms with E-state index in [-0.39, 0.29) is 0 Å². The van der Waals surface area contributed by atoms with Gasteiger partial charge in [0.25, 0.3) is 0 Å². The van der Waals surface area contributed by atoms with Crippen molar-refractivity contribution in [3.05, 3.63) is 58.5 Å². The minimum atomic E-state index is 0.461. The maximum atomic E-state index is 5.60. The van der Waals surface area contributed by atoms with Crippen molar-refractivity contribution in [1.82, 2.24) is 4.90 Å². The Morgan fingerprint density at radius 3 is 2.42 bits per heavy atom. The van der Waals surface area contributed by atoms with Gasteiger partial charge in [0.2, 0.25) is 0 Å². The molecule has 102 valence electrons. The first kappa shape index (κ1) is 13.8. The van der Waals surface area contributed by atoms with Crippen LogP contribution in [0.3, 0.4) is 0 Å². The molecule has 19 heavy (non-hydrogen) atoms. The van der Waals surface area contributed by atoms with Crippen molar-refractivity contribution in [2.24, 2.45) is 5.73 Å². The maximum Gasteiger partial charge on any atom is 0.118 e. The zero-order valence-corrected chi connectivity index (χ0v) is 11.9. The predicted octanol–water partition coefficient (Wildman–Crippen LogP) is 2.99. The molecule has 0 bridgehead atoms. The first-order valence-electron chi connectivity index (χ1n) is 6.61. The highest BCUT2D eigenvalue weighted by molar-refractivity contribution is 5.26. The fourth-order valence-electron chi connectivity index (χ4n) is 2.27. The average molecular weight is 258 g/mol. The van der Waals surface area contributed by atoms with Gasteiger partial charge in [0.1, 0.15) is 11.5 Å². The van der Waals surface area contributed by atoms with E-state index in [0.29, 0.717) is 6.54 Å². The molecule has 0 spiro atoms. The average Bonchev–Trinajstić information content (AvgIpc) is 2.73. The molecule has 0 saturated heterocycles. The van der Waals surface area contributed by atoms with Crippen LogP contribution in [0.4, 0.5) is 0 Å². The second-order valence-electron chi connectivity index (χ2n) is 5.10. The second-order valence-corrected chi connectivity index (χ2v) is 5.10. The standard InChI is InChI=1S/C16H22N2O/c1-12-6-4-5-7-14(12)10-18(3)11-15-8-16(9-17)19-13(15)2/h4-8H,9-11,17H2,1-3H3. The molecule has 0 radical (unpaired) electrons. The summed E-state index contributed by atoms with van der Waals surface area (Å²) in [6.45, 7) is 6.43. The summed E-state index contributed by atoms with van der Waals surface area (Å²) in [5, 5.41) is 0. The fourth-order valence-corrected chi connectivity index (χ4v) is 2.27. The van der Waals surface area contributed by atoms with Crippen LogP contribution in [0, 0.1) is 13.8 Å². The van der Waals surface area contributed by atoms with E-state index in [0.717, 1.165) is 24.6 Å². The van der Waals surface area contributed by atoms with E-state index in [1.165, 1.54) is 16.7 Å². The summed E-state index contributed by atoms with van der Waals surface area (Å²) >= 11 is 0. The molecule has 3 heteroatoms. The monoisotopic (exact) mass is 258 g/mol. The molecule has 0 unspecified atom stereocenters. The molecule has 0 aliphatic rings. The lowest BCUT2D eigenvalue weighted by Gasteiger charge is -2.17. The number of aryl methyl sites for hydroxylation is 2. The van der Waals surface area contributed by atoms with Gasteiger partial charge in [0.15, 0.2) is 0 Å². The van der Waals surface area contributed by atoms with Crippen molar-refractivity contribution in [3.63, 3.8) is 0 Å². The third-order valence-corrected chi connectivity index (χ3v) is 3.41. The van der Waals surface area contributed by atoms with Gasteiger partial charge in [-0.25, -0.2) is 0 Å². The van der Waals surface area contributed by atoms with E-state index in [9.17, 15) is 0 Å². The molecular weight excluding hydrogens is 236 g/mol. The van der Waals surface area contributed by atoms with Crippen LogP contribution in [0.5, 0.6) is 0 Å². The van der Waals surface area contributed by atoms with Crippen LogP contribution in [0.1, 0.15) is 28.2 Å². The molecule has 0 fully saturated rings. The van der Waals surface area contributed by atoms with Gasteiger partial charge in [0.05, 0.1) is 6.54 Å². The van der Waals surface area contributed by atoms with E-state index in [2.05, 4.69) is 49.2 Å². The minimum absolute atomic E-state index is 0.461. The molecular formula is C16H22N2O. The Morgan fingerprint density at radius 2 is 1.79 bits per heavy atom. The van der Waals surface area contributed by atoms with Crippen LogP contribution in [0.25, 0.3) is 0 Å². The summed E-state index contributed by atoms with van der Waals surface area (Å²) < 4.78 is 5.59. The normalized spacial score (nSPS) is 11.2. The maximum absolute atomic E-state index is 5.60. The summed E-state index contributed by atoms with van der Waals surface area (Å²) in [5.74, 6) is 1.83. The van der Waals surface area contributed by atoms with Crippen molar-refractivity contribution in [2.45, 2.75) is 33.5 Å². The molecule has 0 saturated carbocycles. The van der Waals surface area contributed by atoms with E-state index >= 15 is 0 Å². The summed E-state index contributed by atoms with van der Waals surface area (Å²) in [6.07, 6.45) is 0. The highest BCUT2D eigenvalue weighted by atomic mass is 16.3. The van der Waals surface area contributed by atoms with Gasteiger partial charge in [-0.15, -0.1) is 0 Å². The number of hydrogen-bond donors (Lipinski definition) is 1. The molecule has 2 aromatic rings. The first-order chi connectivity index (χ1) is 9.10. The summed E-state index contributed by atoms with van der Waals surface area (Å²) in [7, 11) is 2.13. The quantitative estimate of drug-likeness (QED) is 0.896. The van der Waals surface area contributed by atoms with Crippen molar-refractivity contribution in [2.75, 3.05) is 7.05 Å². The Labute approximate surface area is 115 Å². The van der Waals surface area contributed by atoms with Crippen molar-refractivity contribution in [1.29, 1.82) is 0 Å². The third kappa shape index (κ3) is 3.46. The number of hydrogen-bond acceptors (Lipinski definition) is 3. The van der Waals surface area contributed by atoms with Gasteiger partial charge in [-0.2, -0.15) is 0 Å². The lowest BCUT2D eigenvalue weighted by Crippen LogP contribution is -2.17. The number of nitrogens with two attached hydrogens (primary N) is 1. The molecule has 1 aromatic heterocycles. The van der Waals surface area contributed by atoms with Gasteiger partial charge in [-0.05, 0) is 38.1 Å². The lowest BCUT2D eigenvalue weighted by molar-refractivity contribution is 0.315. The molecule has 0 aliphatic heterocycles. The van der Waals surface area contributed by atoms with Crippen LogP contribution in [0.2, 0.25) is 0 Å². The minimum Gasteiger partial charge on any atom is -0.465 e. The van der Waals surface area contributed by atoms with E-state index < -0.39 is 0 Å². The first-order valence-corrected chi connectivity index (χ1v) is 6.61. The van der Waals surface area contributed by atoms with Crippen LogP contribution in [-0.2, 0) is 19.6 Å². The fraction of sp³-hybridized carbons (Fsp3) is 0.375. The van der Waals surface area contributed by atoms with Gasteiger partial charge < -0.3 is 10.2 Å². The van der Waals surface area contributed by atoms with E-state index in [1.807, 2.05) is 6.92 Å². The van der Waals surface area contributed by atoms with Crippen LogP contribution >= 0.6 is 0 Å². The topological polar surface area (TPSA) is 42.4 Å². The number of benzene rings is 1. The van der Waals surface area contributed by atoms with Crippen molar-refractivity contribution < 1.29 is 4.42 Å². The summed E-state index contributed by atoms with van der Waals surface area (Å²) in [5.41, 5.74) is 9.52. The smallest absolute Gasteiger partial charge is 0.118 e. The van der Waals surface area contributed by atoms with Crippen LogP contribution in [-0.4, -0.2) is 11.9 Å². The Kier molecular flexibility index (Phi) is 4.40. The van der Waals surface area contributed by atoms with Crippen molar-refractivity contribution >= 4 is 0 Å². The number of rotatable bonds is 5. The molecule has 0 aliphatic carbocycles. The largest absolute Gasteiger partial charge is 0.465 e. The third-order valence-electron chi connectivity index (χ3n) is 3.41. The van der Waals surface area contributed by atoms with Gasteiger partial charge in [0, 0.05) is 18.7 Å². The Hall–Kier alpha value is -1.58. The highest BCUT2D eigenvalue weighted by Crippen LogP contribution is 2.17. The lowest BCUT2D eigenvalue weighted by atomic mass is 10.1. The number of furan rings is 1. The Balaban J connectivity index is 2.03. The molecule has 2 rings (SSSR count). The zero-order chi connectivity index (χ0) is 13.8. The van der Waals surface area contributed by atoms with Gasteiger partial charge in [-0.1, -0.05) is 24.3 Å². The van der Waals surface area contributed by atoms with Gasteiger partial charge in [-0.3, -0.25) is 4.90 Å². The van der Waals surface area contributed by atoms with Crippen molar-refractivity contribution in [3.8, 4) is 0 Å². The molecule has 3 nitrogen and oxygen atoms in total. The van der Waals surface area contributed by atoms with Crippen LogP contribution in [0.15, 0.2) is 34.7 Å². The second kappa shape index (κ2) is 6.04.